The summed E-state index contributed by atoms with van der Waals surface area (Å²) >= 11 is 3.52. The number of aliphatic imine (C=N–C) groups is 2. The molecule has 8 rings (SSSR count). The van der Waals surface area contributed by atoms with Gasteiger partial charge >= 0.3 is 13.2 Å². The maximum Gasteiger partial charge on any atom is 0.345 e. The number of aliphatic hydroxyl groups is 1. The van der Waals surface area contributed by atoms with Gasteiger partial charge in [0.2, 0.25) is 0 Å². The van der Waals surface area contributed by atoms with Crippen LogP contribution in [-0.4, -0.2) is 85.2 Å². The number of alkyl halides is 4. The van der Waals surface area contributed by atoms with Gasteiger partial charge in [0.15, 0.2) is 17.0 Å². The van der Waals surface area contributed by atoms with Gasteiger partial charge in [-0.3, -0.25) is 19.5 Å². The van der Waals surface area contributed by atoms with Crippen LogP contribution in [0.15, 0.2) is 56.9 Å². The van der Waals surface area contributed by atoms with E-state index in [4.69, 9.17) is 25.3 Å². The van der Waals surface area contributed by atoms with Gasteiger partial charge in [0.25, 0.3) is 11.8 Å². The van der Waals surface area contributed by atoms with Crippen molar-refractivity contribution in [3.05, 3.63) is 76.6 Å². The number of hydrogen-bond donors (Lipinski definition) is 2. The first-order valence-electron chi connectivity index (χ1n) is 17.9. The van der Waals surface area contributed by atoms with Crippen molar-refractivity contribution in [2.24, 2.45) is 26.5 Å². The average Bonchev–Trinajstić information content (AvgIpc) is 3.73. The minimum absolute atomic E-state index is 0. The standard InChI is InChI=1S/C19H21BrF2N2O2.C18H21F2N3O2.CH4O.CH3.Pd.H2/c1-11-23-19(16(25)24(11)2)15-9-13(20)4-3-12(15)10-18(19)7-5-14(6-8-18)26-17(21)22;1-23-14(24)18(22-16(23)21)13-5-3-2-4-11(13)10-17(18)8-6-12(7-9-17)25-15(19)20;1-2;;;/h3-4,9,14,17H,5-8,10H2,1-2H3;2-5,12,15H,6-10H2,1H3,(H2,21,22);2H,1H3;1H3;;1H/q;;;-1;;. The second-order valence-corrected chi connectivity index (χ2v) is 15.8. The third-order valence-electron chi connectivity index (χ3n) is 12.5. The van der Waals surface area contributed by atoms with Crippen LogP contribution in [0.1, 0.15) is 82.0 Å². The fourth-order valence-corrected chi connectivity index (χ4v) is 10.4. The topological polar surface area (TPSA) is 130 Å². The largest absolute Gasteiger partial charge is 0.400 e. The van der Waals surface area contributed by atoms with E-state index < -0.39 is 41.9 Å². The Bertz CT molecular complexity index is 1810. The zero-order valence-corrected chi connectivity index (χ0v) is 34.7. The van der Waals surface area contributed by atoms with Crippen molar-refractivity contribution >= 4 is 39.5 Å². The molecule has 308 valence electrons. The van der Waals surface area contributed by atoms with E-state index in [1.165, 1.54) is 4.90 Å². The molecule has 2 fully saturated rings. The van der Waals surface area contributed by atoms with Gasteiger partial charge in [-0.25, -0.2) is 4.99 Å². The summed E-state index contributed by atoms with van der Waals surface area (Å²) in [4.78, 5) is 39.2. The monoisotopic (exact) mass is 930 g/mol. The summed E-state index contributed by atoms with van der Waals surface area (Å²) in [6.45, 7) is -3.66. The molecular weight excluding hydrogens is 881 g/mol. The van der Waals surface area contributed by atoms with Crippen molar-refractivity contribution in [1.29, 1.82) is 0 Å². The van der Waals surface area contributed by atoms with Crippen LogP contribution in [0.3, 0.4) is 0 Å². The van der Waals surface area contributed by atoms with Gasteiger partial charge in [0.05, 0.1) is 12.2 Å². The van der Waals surface area contributed by atoms with Gasteiger partial charge in [-0.05, 0) is 106 Å². The first kappa shape index (κ1) is 45.0. The zero-order valence-electron chi connectivity index (χ0n) is 31.6. The fraction of sp³-hybridized carbons (Fsp3) is 0.564. The molecule has 2 aliphatic heterocycles. The fourth-order valence-electron chi connectivity index (χ4n) is 9.99. The third kappa shape index (κ3) is 7.22. The number of hydrogen-bond acceptors (Lipinski definition) is 8. The Morgan fingerprint density at radius 1 is 0.800 bits per heavy atom. The molecule has 16 heteroatoms. The van der Waals surface area contributed by atoms with Crippen molar-refractivity contribution in [3.8, 4) is 0 Å². The number of benzene rings is 2. The Kier molecular flexibility index (Phi) is 13.9. The molecule has 2 saturated carbocycles. The normalized spacial score (nSPS) is 31.5. The second-order valence-electron chi connectivity index (χ2n) is 14.8. The van der Waals surface area contributed by atoms with E-state index in [2.05, 4.69) is 20.9 Å². The van der Waals surface area contributed by atoms with Crippen molar-refractivity contribution in [1.82, 2.24) is 9.80 Å². The Balaban J connectivity index is 0.000000274. The average molecular weight is 932 g/mol. The number of rotatable bonds is 4. The second kappa shape index (κ2) is 17.0. The number of nitrogens with zero attached hydrogens (tertiary/aromatic N) is 4. The van der Waals surface area contributed by atoms with Gasteiger partial charge in [0.1, 0.15) is 5.84 Å². The number of carbonyl (C=O) groups excluding carboxylic acids is 2. The maximum atomic E-state index is 13.4. The van der Waals surface area contributed by atoms with Crippen molar-refractivity contribution in [3.63, 3.8) is 0 Å². The molecule has 0 bridgehead atoms. The van der Waals surface area contributed by atoms with Crippen LogP contribution >= 0.6 is 15.9 Å². The van der Waals surface area contributed by atoms with E-state index >= 15 is 0 Å². The van der Waals surface area contributed by atoms with Crippen LogP contribution in [0.5, 0.6) is 0 Å². The first-order valence-corrected chi connectivity index (χ1v) is 18.7. The Morgan fingerprint density at radius 2 is 1.25 bits per heavy atom. The molecule has 2 heterocycles. The Morgan fingerprint density at radius 3 is 1.69 bits per heavy atom. The summed E-state index contributed by atoms with van der Waals surface area (Å²) < 4.78 is 60.6. The molecule has 6 aliphatic rings. The molecule has 10 nitrogen and oxygen atoms in total. The maximum absolute atomic E-state index is 13.4. The van der Waals surface area contributed by atoms with Gasteiger partial charge in [0, 0.05) is 58.4 Å². The molecule has 2 atom stereocenters. The molecule has 2 aromatic rings. The van der Waals surface area contributed by atoms with Crippen LogP contribution in [-0.2, 0) is 63.4 Å². The van der Waals surface area contributed by atoms with Crippen LogP contribution in [0.2, 0.25) is 0 Å². The van der Waals surface area contributed by atoms with Gasteiger partial charge in [-0.1, -0.05) is 46.3 Å². The Labute approximate surface area is 343 Å². The van der Waals surface area contributed by atoms with Crippen LogP contribution in [0.25, 0.3) is 0 Å². The first-order chi connectivity index (χ1) is 25.2. The van der Waals surface area contributed by atoms with E-state index in [9.17, 15) is 27.2 Å². The number of halogens is 5. The van der Waals surface area contributed by atoms with Crippen LogP contribution in [0.4, 0.5) is 17.6 Å². The van der Waals surface area contributed by atoms with E-state index in [1.807, 2.05) is 49.4 Å². The van der Waals surface area contributed by atoms with Crippen molar-refractivity contribution in [2.75, 3.05) is 21.2 Å². The van der Waals surface area contributed by atoms with E-state index in [-0.39, 0.29) is 52.5 Å². The van der Waals surface area contributed by atoms with E-state index in [1.54, 1.807) is 19.0 Å². The molecular formula is C39H51BrF4N5O5Pd-. The summed E-state index contributed by atoms with van der Waals surface area (Å²) in [7, 11) is 4.39. The van der Waals surface area contributed by atoms with Crippen molar-refractivity contribution in [2.45, 2.75) is 108 Å². The summed E-state index contributed by atoms with van der Waals surface area (Å²) in [5, 5.41) is 7.00. The molecule has 2 unspecified atom stereocenters. The predicted octanol–water partition coefficient (Wildman–Crippen LogP) is 6.95. The number of likely N-dealkylation sites (N-methyl/N-ethyl adjacent to an activating group) is 2. The number of aliphatic hydroxyl groups excluding tert-OH is 1. The van der Waals surface area contributed by atoms with Gasteiger partial charge in [-0.15, -0.1) is 0 Å². The molecule has 2 amide bonds. The van der Waals surface area contributed by atoms with Crippen LogP contribution in [0, 0.1) is 18.3 Å². The minimum Gasteiger partial charge on any atom is -0.400 e. The quantitative estimate of drug-likeness (QED) is 0.194. The predicted molar refractivity (Wildman–Crippen MR) is 202 cm³/mol. The molecule has 2 aromatic carbocycles. The Hall–Kier alpha value is -2.74. The number of nitrogens with two attached hydrogens (primary N) is 1. The van der Waals surface area contributed by atoms with Crippen molar-refractivity contribution < 1.29 is 63.6 Å². The smallest absolute Gasteiger partial charge is 0.345 e. The van der Waals surface area contributed by atoms with Gasteiger partial charge < -0.3 is 32.6 Å². The molecule has 0 aromatic heterocycles. The molecule has 3 N–H and O–H groups in total. The zero-order chi connectivity index (χ0) is 38.5. The number of ether oxygens (including phenoxy) is 2. The number of carbonyl (C=O) groups is 2. The molecule has 55 heavy (non-hydrogen) atoms. The number of amides is 2. The summed E-state index contributed by atoms with van der Waals surface area (Å²) in [6.07, 6.45) is 5.06. The molecule has 4 aliphatic carbocycles. The van der Waals surface area contributed by atoms with E-state index in [0.717, 1.165) is 40.3 Å². The molecule has 0 radical (unpaired) electrons. The summed E-state index contributed by atoms with van der Waals surface area (Å²) in [6, 6.07) is 13.9. The minimum atomic E-state index is -2.76. The third-order valence-corrected chi connectivity index (χ3v) is 13.0. The number of guanidine groups is 1. The molecule has 0 saturated heterocycles. The molecule has 4 spiro atoms. The summed E-state index contributed by atoms with van der Waals surface area (Å²) in [5.74, 6) is 0.781. The van der Waals surface area contributed by atoms with Crippen LogP contribution < -0.4 is 5.73 Å². The van der Waals surface area contributed by atoms with Gasteiger partial charge in [-0.2, -0.15) is 17.6 Å². The number of amidine groups is 1. The SMILES string of the molecule is CC1=NC2(C(=O)N1C)c1cc(Br)ccc1CC21CCC(OC(F)F)CC1.CN1C(=O)C2(N=C1N)c1ccccc1CC21CCC(OC(F)F)CC1.CO.[CH3-].[HH].[Pd]. The number of fused-ring (bicyclic) bond motifs is 6. The summed E-state index contributed by atoms with van der Waals surface area (Å²) in [5.41, 5.74) is 7.30. The van der Waals surface area contributed by atoms with E-state index in [0.29, 0.717) is 63.6 Å².